The molecule has 0 radical (unpaired) electrons. The van der Waals surface area contributed by atoms with Crippen molar-refractivity contribution in [3.05, 3.63) is 51.6 Å². The zero-order valence-electron chi connectivity index (χ0n) is 13.5. The van der Waals surface area contributed by atoms with Crippen molar-refractivity contribution < 1.29 is 0 Å². The van der Waals surface area contributed by atoms with Crippen LogP contribution in [0.15, 0.2) is 18.2 Å². The summed E-state index contributed by atoms with van der Waals surface area (Å²) in [6.07, 6.45) is 0.974. The van der Waals surface area contributed by atoms with Gasteiger partial charge >= 0.3 is 0 Å². The summed E-state index contributed by atoms with van der Waals surface area (Å²) in [6, 6.07) is 6.44. The fourth-order valence-corrected chi connectivity index (χ4v) is 3.00. The van der Waals surface area contributed by atoms with Crippen LogP contribution in [0.1, 0.15) is 40.3 Å². The minimum atomic E-state index is 0.895. The molecule has 1 heteroatoms. The van der Waals surface area contributed by atoms with E-state index in [2.05, 4.69) is 53.7 Å². The second-order valence-electron chi connectivity index (χ2n) is 5.77. The Morgan fingerprint density at radius 1 is 0.800 bits per heavy atom. The molecule has 0 bridgehead atoms. The van der Waals surface area contributed by atoms with E-state index in [1.807, 2.05) is 6.07 Å². The molecule has 0 saturated heterocycles. The zero-order chi connectivity index (χ0) is 15.0. The van der Waals surface area contributed by atoms with Crippen LogP contribution in [-0.2, 0) is 6.42 Å². The molecule has 2 N–H and O–H groups in total. The zero-order valence-corrected chi connectivity index (χ0v) is 13.5. The van der Waals surface area contributed by atoms with Crippen molar-refractivity contribution >= 4 is 5.69 Å². The maximum Gasteiger partial charge on any atom is 0.0346 e. The van der Waals surface area contributed by atoms with Gasteiger partial charge in [-0.15, -0.1) is 0 Å². The Hall–Kier alpha value is -1.76. The molecule has 0 aromatic heterocycles. The van der Waals surface area contributed by atoms with Gasteiger partial charge in [-0.1, -0.05) is 13.0 Å². The molecule has 20 heavy (non-hydrogen) atoms. The van der Waals surface area contributed by atoms with E-state index in [9.17, 15) is 0 Å². The third-order valence-electron chi connectivity index (χ3n) is 4.81. The summed E-state index contributed by atoms with van der Waals surface area (Å²) in [6.45, 7) is 13.3. The Bertz CT molecular complexity index is 637. The quantitative estimate of drug-likeness (QED) is 0.758. The molecule has 0 amide bonds. The van der Waals surface area contributed by atoms with Gasteiger partial charge in [-0.25, -0.2) is 0 Å². The van der Waals surface area contributed by atoms with Crippen LogP contribution in [0.3, 0.4) is 0 Å². The highest BCUT2D eigenvalue weighted by molar-refractivity contribution is 5.76. The maximum absolute atomic E-state index is 6.04. The number of rotatable bonds is 2. The van der Waals surface area contributed by atoms with Gasteiger partial charge in [0.1, 0.15) is 0 Å². The van der Waals surface area contributed by atoms with Crippen LogP contribution in [0.25, 0.3) is 11.1 Å². The average Bonchev–Trinajstić information content (AvgIpc) is 2.45. The minimum Gasteiger partial charge on any atom is -0.399 e. The van der Waals surface area contributed by atoms with E-state index in [1.165, 1.54) is 44.5 Å². The van der Waals surface area contributed by atoms with Crippen molar-refractivity contribution in [2.24, 2.45) is 0 Å². The number of benzene rings is 2. The van der Waals surface area contributed by atoms with Crippen LogP contribution in [0, 0.1) is 34.6 Å². The Morgan fingerprint density at radius 3 is 1.80 bits per heavy atom. The molecule has 0 atom stereocenters. The van der Waals surface area contributed by atoms with E-state index in [-0.39, 0.29) is 0 Å². The molecule has 2 rings (SSSR count). The predicted molar refractivity (Wildman–Crippen MR) is 89.4 cm³/mol. The normalized spacial score (nSPS) is 10.9. The van der Waals surface area contributed by atoms with Gasteiger partial charge < -0.3 is 5.73 Å². The summed E-state index contributed by atoms with van der Waals surface area (Å²) >= 11 is 0. The Morgan fingerprint density at radius 2 is 1.30 bits per heavy atom. The van der Waals surface area contributed by atoms with Crippen molar-refractivity contribution in [3.8, 4) is 11.1 Å². The second-order valence-corrected chi connectivity index (χ2v) is 5.77. The number of hydrogen-bond donors (Lipinski definition) is 1. The largest absolute Gasteiger partial charge is 0.399 e. The summed E-state index contributed by atoms with van der Waals surface area (Å²) in [5, 5.41) is 0. The topological polar surface area (TPSA) is 26.0 Å². The van der Waals surface area contributed by atoms with Crippen molar-refractivity contribution in [2.75, 3.05) is 5.73 Å². The van der Waals surface area contributed by atoms with Crippen LogP contribution in [0.5, 0.6) is 0 Å². The molecule has 0 unspecified atom stereocenters. The fraction of sp³-hybridized carbons (Fsp3) is 0.368. The third-order valence-corrected chi connectivity index (χ3v) is 4.81. The lowest BCUT2D eigenvalue weighted by Gasteiger charge is -2.19. The molecule has 0 aliphatic heterocycles. The van der Waals surface area contributed by atoms with E-state index in [0.29, 0.717) is 0 Å². The van der Waals surface area contributed by atoms with E-state index < -0.39 is 0 Å². The summed E-state index contributed by atoms with van der Waals surface area (Å²) in [4.78, 5) is 0. The summed E-state index contributed by atoms with van der Waals surface area (Å²) in [5.74, 6) is 0. The lowest BCUT2D eigenvalue weighted by molar-refractivity contribution is 1.14. The van der Waals surface area contributed by atoms with E-state index in [0.717, 1.165) is 12.1 Å². The Labute approximate surface area is 122 Å². The van der Waals surface area contributed by atoms with E-state index in [1.54, 1.807) is 0 Å². The van der Waals surface area contributed by atoms with Gasteiger partial charge in [0.25, 0.3) is 0 Å². The standard InChI is InChI=1S/C19H25N/c1-7-16-10-17(8-9-18(16)20)19-14(5)12(3)11(2)13(4)15(19)6/h8-10H,7,20H2,1-6H3. The lowest BCUT2D eigenvalue weighted by atomic mass is 9.85. The first-order chi connectivity index (χ1) is 9.38. The molecular weight excluding hydrogens is 242 g/mol. The van der Waals surface area contributed by atoms with Gasteiger partial charge in [0.05, 0.1) is 0 Å². The highest BCUT2D eigenvalue weighted by Crippen LogP contribution is 2.35. The second kappa shape index (κ2) is 5.32. The molecule has 2 aromatic rings. The van der Waals surface area contributed by atoms with Crippen molar-refractivity contribution in [2.45, 2.75) is 48.0 Å². The van der Waals surface area contributed by atoms with Gasteiger partial charge in [0, 0.05) is 5.69 Å². The first kappa shape index (κ1) is 14.6. The van der Waals surface area contributed by atoms with E-state index in [4.69, 9.17) is 5.73 Å². The molecule has 0 aliphatic carbocycles. The van der Waals surface area contributed by atoms with Gasteiger partial charge in [0.2, 0.25) is 0 Å². The number of nitrogens with two attached hydrogens (primary N) is 1. The van der Waals surface area contributed by atoms with E-state index >= 15 is 0 Å². The van der Waals surface area contributed by atoms with Crippen LogP contribution in [0.4, 0.5) is 5.69 Å². The van der Waals surface area contributed by atoms with Crippen LogP contribution in [-0.4, -0.2) is 0 Å². The van der Waals surface area contributed by atoms with Crippen molar-refractivity contribution in [1.82, 2.24) is 0 Å². The third kappa shape index (κ3) is 2.22. The molecule has 0 saturated carbocycles. The van der Waals surface area contributed by atoms with Gasteiger partial charge in [-0.05, 0) is 97.7 Å². The highest BCUT2D eigenvalue weighted by Gasteiger charge is 2.14. The molecule has 2 aromatic carbocycles. The summed E-state index contributed by atoms with van der Waals surface area (Å²) in [7, 11) is 0. The first-order valence-electron chi connectivity index (χ1n) is 7.34. The predicted octanol–water partition coefficient (Wildman–Crippen LogP) is 5.04. The lowest BCUT2D eigenvalue weighted by Crippen LogP contribution is -2.00. The number of hydrogen-bond acceptors (Lipinski definition) is 1. The molecule has 0 fully saturated rings. The molecule has 0 spiro atoms. The number of nitrogen functional groups attached to an aromatic ring is 1. The fourth-order valence-electron chi connectivity index (χ4n) is 3.00. The van der Waals surface area contributed by atoms with Crippen LogP contribution < -0.4 is 5.73 Å². The minimum absolute atomic E-state index is 0.895. The molecule has 0 aliphatic rings. The highest BCUT2D eigenvalue weighted by atomic mass is 14.6. The summed E-state index contributed by atoms with van der Waals surface area (Å²) < 4.78 is 0. The summed E-state index contributed by atoms with van der Waals surface area (Å²) in [5.41, 5.74) is 17.8. The maximum atomic E-state index is 6.04. The molecule has 106 valence electrons. The number of aryl methyl sites for hydroxylation is 1. The first-order valence-corrected chi connectivity index (χ1v) is 7.34. The van der Waals surface area contributed by atoms with Crippen LogP contribution >= 0.6 is 0 Å². The SMILES string of the molecule is CCc1cc(-c2c(C)c(C)c(C)c(C)c2C)ccc1N. The smallest absolute Gasteiger partial charge is 0.0346 e. The molecule has 1 nitrogen and oxygen atoms in total. The van der Waals surface area contributed by atoms with Crippen molar-refractivity contribution in [3.63, 3.8) is 0 Å². The molecule has 0 heterocycles. The monoisotopic (exact) mass is 267 g/mol. The molecular formula is C19H25N. The van der Waals surface area contributed by atoms with Gasteiger partial charge in [0.15, 0.2) is 0 Å². The van der Waals surface area contributed by atoms with Gasteiger partial charge in [-0.3, -0.25) is 0 Å². The van der Waals surface area contributed by atoms with Crippen molar-refractivity contribution in [1.29, 1.82) is 0 Å². The Balaban J connectivity index is 2.76. The van der Waals surface area contributed by atoms with Crippen LogP contribution in [0.2, 0.25) is 0 Å². The van der Waals surface area contributed by atoms with Gasteiger partial charge in [-0.2, -0.15) is 0 Å². The average molecular weight is 267 g/mol. The Kier molecular flexibility index (Phi) is 3.89. The number of anilines is 1.